The molecule has 2 heterocycles. The van der Waals surface area contributed by atoms with E-state index in [1.807, 2.05) is 12.1 Å². The smallest absolute Gasteiger partial charge is 0.128 e. The number of nitrogen functional groups attached to an aromatic ring is 1. The van der Waals surface area contributed by atoms with Gasteiger partial charge in [-0.15, -0.1) is 0 Å². The first kappa shape index (κ1) is 10.2. The van der Waals surface area contributed by atoms with E-state index in [1.54, 1.807) is 6.20 Å². The van der Waals surface area contributed by atoms with Gasteiger partial charge in [0.2, 0.25) is 0 Å². The number of aromatic nitrogens is 1. The predicted molar refractivity (Wildman–Crippen MR) is 62.9 cm³/mol. The molecular weight excluding hydrogens is 188 g/mol. The van der Waals surface area contributed by atoms with E-state index in [1.165, 1.54) is 6.42 Å². The molecule has 2 rings (SSSR count). The van der Waals surface area contributed by atoms with Crippen LogP contribution in [0.5, 0.6) is 0 Å². The van der Waals surface area contributed by atoms with Crippen molar-refractivity contribution < 1.29 is 0 Å². The first-order valence-corrected chi connectivity index (χ1v) is 5.49. The van der Waals surface area contributed by atoms with E-state index in [-0.39, 0.29) is 0 Å². The highest BCUT2D eigenvalue weighted by Crippen LogP contribution is 2.18. The van der Waals surface area contributed by atoms with E-state index >= 15 is 0 Å². The van der Waals surface area contributed by atoms with Gasteiger partial charge in [0, 0.05) is 19.1 Å². The summed E-state index contributed by atoms with van der Waals surface area (Å²) in [6.45, 7) is 5.30. The molecule has 1 aliphatic heterocycles. The molecule has 82 valence electrons. The van der Waals surface area contributed by atoms with Gasteiger partial charge >= 0.3 is 0 Å². The summed E-state index contributed by atoms with van der Waals surface area (Å²) in [6, 6.07) is 4.50. The SMILES string of the molecule is CCNC1CCN(c2ccc(N)cn2)C1. The minimum absolute atomic E-state index is 0.606. The van der Waals surface area contributed by atoms with Crippen molar-refractivity contribution in [3.05, 3.63) is 18.3 Å². The van der Waals surface area contributed by atoms with Crippen LogP contribution in [-0.2, 0) is 0 Å². The van der Waals surface area contributed by atoms with Crippen molar-refractivity contribution in [1.29, 1.82) is 0 Å². The zero-order valence-corrected chi connectivity index (χ0v) is 9.11. The number of hydrogen-bond acceptors (Lipinski definition) is 4. The Hall–Kier alpha value is -1.29. The van der Waals surface area contributed by atoms with Crippen LogP contribution in [-0.4, -0.2) is 30.7 Å². The highest BCUT2D eigenvalue weighted by atomic mass is 15.2. The maximum Gasteiger partial charge on any atom is 0.128 e. The molecular formula is C11H18N4. The Bertz CT molecular complexity index is 309. The van der Waals surface area contributed by atoms with Gasteiger partial charge in [0.05, 0.1) is 11.9 Å². The van der Waals surface area contributed by atoms with Crippen LogP contribution in [0.2, 0.25) is 0 Å². The van der Waals surface area contributed by atoms with Gasteiger partial charge in [0.1, 0.15) is 5.82 Å². The maximum atomic E-state index is 5.61. The first-order valence-electron chi connectivity index (χ1n) is 5.49. The average molecular weight is 206 g/mol. The molecule has 4 heteroatoms. The maximum absolute atomic E-state index is 5.61. The highest BCUT2D eigenvalue weighted by Gasteiger charge is 2.22. The molecule has 1 aromatic heterocycles. The third kappa shape index (κ3) is 2.39. The second-order valence-electron chi connectivity index (χ2n) is 3.94. The Balaban J connectivity index is 1.98. The minimum Gasteiger partial charge on any atom is -0.397 e. The third-order valence-electron chi connectivity index (χ3n) is 2.78. The van der Waals surface area contributed by atoms with Gasteiger partial charge in [-0.25, -0.2) is 4.98 Å². The standard InChI is InChI=1S/C11H18N4/c1-2-13-10-5-6-15(8-10)11-4-3-9(12)7-14-11/h3-4,7,10,13H,2,5-6,8,12H2,1H3. The molecule has 0 amide bonds. The van der Waals surface area contributed by atoms with Crippen LogP contribution in [0.15, 0.2) is 18.3 Å². The largest absolute Gasteiger partial charge is 0.397 e. The molecule has 1 aliphatic rings. The van der Waals surface area contributed by atoms with Gasteiger partial charge in [-0.05, 0) is 25.1 Å². The zero-order valence-electron chi connectivity index (χ0n) is 9.11. The number of likely N-dealkylation sites (N-methyl/N-ethyl adjacent to an activating group) is 1. The quantitative estimate of drug-likeness (QED) is 0.770. The van der Waals surface area contributed by atoms with Crippen LogP contribution in [0.25, 0.3) is 0 Å². The molecule has 1 unspecified atom stereocenters. The van der Waals surface area contributed by atoms with E-state index in [9.17, 15) is 0 Å². The number of rotatable bonds is 3. The number of nitrogens with two attached hydrogens (primary N) is 1. The molecule has 0 bridgehead atoms. The van der Waals surface area contributed by atoms with Crippen molar-refractivity contribution in [3.63, 3.8) is 0 Å². The summed E-state index contributed by atoms with van der Waals surface area (Å²) in [5, 5.41) is 3.46. The van der Waals surface area contributed by atoms with Crippen molar-refractivity contribution in [2.45, 2.75) is 19.4 Å². The van der Waals surface area contributed by atoms with Crippen LogP contribution in [0.1, 0.15) is 13.3 Å². The Morgan fingerprint density at radius 3 is 3.13 bits per heavy atom. The van der Waals surface area contributed by atoms with Crippen LogP contribution in [0.3, 0.4) is 0 Å². The average Bonchev–Trinajstić information content (AvgIpc) is 2.68. The number of anilines is 2. The van der Waals surface area contributed by atoms with Crippen molar-refractivity contribution in [2.24, 2.45) is 0 Å². The molecule has 1 atom stereocenters. The molecule has 0 spiro atoms. The van der Waals surface area contributed by atoms with E-state index < -0.39 is 0 Å². The van der Waals surface area contributed by atoms with Gasteiger partial charge in [-0.1, -0.05) is 6.92 Å². The van der Waals surface area contributed by atoms with Gasteiger partial charge in [-0.3, -0.25) is 0 Å². The van der Waals surface area contributed by atoms with Crippen LogP contribution in [0, 0.1) is 0 Å². The highest BCUT2D eigenvalue weighted by molar-refractivity contribution is 5.46. The van der Waals surface area contributed by atoms with Crippen molar-refractivity contribution in [3.8, 4) is 0 Å². The first-order chi connectivity index (χ1) is 7.29. The Kier molecular flexibility index (Phi) is 3.06. The van der Waals surface area contributed by atoms with E-state index in [0.717, 1.165) is 31.1 Å². The molecule has 0 saturated carbocycles. The summed E-state index contributed by atoms with van der Waals surface area (Å²) in [4.78, 5) is 6.63. The lowest BCUT2D eigenvalue weighted by atomic mass is 10.3. The Morgan fingerprint density at radius 1 is 1.60 bits per heavy atom. The second-order valence-corrected chi connectivity index (χ2v) is 3.94. The summed E-state index contributed by atoms with van der Waals surface area (Å²) in [7, 11) is 0. The molecule has 0 aromatic carbocycles. The molecule has 1 saturated heterocycles. The molecule has 0 radical (unpaired) electrons. The molecule has 1 fully saturated rings. The van der Waals surface area contributed by atoms with Gasteiger partial charge < -0.3 is 16.0 Å². The lowest BCUT2D eigenvalue weighted by molar-refractivity contribution is 0.571. The monoisotopic (exact) mass is 206 g/mol. The summed E-state index contributed by atoms with van der Waals surface area (Å²) in [5.41, 5.74) is 6.33. The van der Waals surface area contributed by atoms with Crippen molar-refractivity contribution >= 4 is 11.5 Å². The van der Waals surface area contributed by atoms with E-state index in [2.05, 4.69) is 22.1 Å². The second kappa shape index (κ2) is 4.49. The number of nitrogens with one attached hydrogen (secondary N) is 1. The van der Waals surface area contributed by atoms with Crippen LogP contribution < -0.4 is 16.0 Å². The van der Waals surface area contributed by atoms with Crippen LogP contribution in [0.4, 0.5) is 11.5 Å². The van der Waals surface area contributed by atoms with E-state index in [0.29, 0.717) is 6.04 Å². The molecule has 0 aliphatic carbocycles. The minimum atomic E-state index is 0.606. The van der Waals surface area contributed by atoms with Crippen LogP contribution >= 0.6 is 0 Å². The summed E-state index contributed by atoms with van der Waals surface area (Å²) in [5.74, 6) is 1.03. The Labute approximate surface area is 90.5 Å². The predicted octanol–water partition coefficient (Wildman–Crippen LogP) is 0.852. The fourth-order valence-corrected chi connectivity index (χ4v) is 2.01. The molecule has 15 heavy (non-hydrogen) atoms. The lowest BCUT2D eigenvalue weighted by Crippen LogP contribution is -2.32. The van der Waals surface area contributed by atoms with Gasteiger partial charge in [-0.2, -0.15) is 0 Å². The van der Waals surface area contributed by atoms with Gasteiger partial charge in [0.15, 0.2) is 0 Å². The lowest BCUT2D eigenvalue weighted by Gasteiger charge is -2.17. The number of hydrogen-bond donors (Lipinski definition) is 2. The third-order valence-corrected chi connectivity index (χ3v) is 2.78. The van der Waals surface area contributed by atoms with E-state index in [4.69, 9.17) is 5.73 Å². The number of nitrogens with zero attached hydrogens (tertiary/aromatic N) is 2. The fraction of sp³-hybridized carbons (Fsp3) is 0.545. The Morgan fingerprint density at radius 2 is 2.47 bits per heavy atom. The molecule has 3 N–H and O–H groups in total. The van der Waals surface area contributed by atoms with Crippen molar-refractivity contribution in [2.75, 3.05) is 30.3 Å². The summed E-state index contributed by atoms with van der Waals surface area (Å²) in [6.07, 6.45) is 2.91. The normalized spacial score (nSPS) is 20.9. The zero-order chi connectivity index (χ0) is 10.7. The fourth-order valence-electron chi connectivity index (χ4n) is 2.01. The summed E-state index contributed by atoms with van der Waals surface area (Å²) >= 11 is 0. The van der Waals surface area contributed by atoms with Crippen molar-refractivity contribution in [1.82, 2.24) is 10.3 Å². The molecule has 1 aromatic rings. The molecule has 4 nitrogen and oxygen atoms in total. The number of pyridine rings is 1. The van der Waals surface area contributed by atoms with Gasteiger partial charge in [0.25, 0.3) is 0 Å². The topological polar surface area (TPSA) is 54.2 Å². The summed E-state index contributed by atoms with van der Waals surface area (Å²) < 4.78 is 0.